The minimum Gasteiger partial charge on any atom is -0.480 e. The average Bonchev–Trinajstić information content (AvgIpc) is 3.28. The standard InChI is InChI=1S/C15H26N2O3/c1-10-13(7-8-20-10)17(2)9-15(14(18)19,11-3-4-11)16-12-5-6-12/h10-13,16H,3-9H2,1-2H3,(H,18,19). The Balaban J connectivity index is 1.72. The molecule has 0 bridgehead atoms. The summed E-state index contributed by atoms with van der Waals surface area (Å²) in [6.07, 6.45) is 5.52. The number of ether oxygens (including phenoxy) is 1. The fourth-order valence-electron chi connectivity index (χ4n) is 3.57. The molecule has 0 radical (unpaired) electrons. The van der Waals surface area contributed by atoms with E-state index in [0.717, 1.165) is 38.7 Å². The molecule has 2 N–H and O–H groups in total. The van der Waals surface area contributed by atoms with Crippen LogP contribution in [0, 0.1) is 5.92 Å². The van der Waals surface area contributed by atoms with Gasteiger partial charge >= 0.3 is 5.97 Å². The quantitative estimate of drug-likeness (QED) is 0.732. The van der Waals surface area contributed by atoms with Crippen molar-refractivity contribution in [3.8, 4) is 0 Å². The first-order valence-electron chi connectivity index (χ1n) is 7.86. The van der Waals surface area contributed by atoms with E-state index in [1.54, 1.807) is 0 Å². The third kappa shape index (κ3) is 2.71. The molecule has 0 aromatic rings. The van der Waals surface area contributed by atoms with Gasteiger partial charge in [0.2, 0.25) is 0 Å². The van der Waals surface area contributed by atoms with E-state index in [0.29, 0.717) is 24.5 Å². The molecule has 0 aromatic carbocycles. The maximum atomic E-state index is 12.0. The summed E-state index contributed by atoms with van der Waals surface area (Å²) in [5.74, 6) is -0.383. The number of carboxylic acids is 1. The maximum absolute atomic E-state index is 12.0. The first-order valence-corrected chi connectivity index (χ1v) is 7.86. The van der Waals surface area contributed by atoms with Gasteiger partial charge in [0.1, 0.15) is 5.54 Å². The minimum absolute atomic E-state index is 0.201. The van der Waals surface area contributed by atoms with Crippen LogP contribution in [0.2, 0.25) is 0 Å². The van der Waals surface area contributed by atoms with Crippen molar-refractivity contribution in [1.29, 1.82) is 0 Å². The highest BCUT2D eigenvalue weighted by Crippen LogP contribution is 2.42. The summed E-state index contributed by atoms with van der Waals surface area (Å²) in [5.41, 5.74) is -0.752. The van der Waals surface area contributed by atoms with E-state index in [1.165, 1.54) is 0 Å². The molecule has 0 aromatic heterocycles. The van der Waals surface area contributed by atoms with Gasteiger partial charge in [-0.15, -0.1) is 0 Å². The minimum atomic E-state index is -0.752. The van der Waals surface area contributed by atoms with Gasteiger partial charge in [0.15, 0.2) is 0 Å². The molecule has 20 heavy (non-hydrogen) atoms. The van der Waals surface area contributed by atoms with Crippen LogP contribution in [0.5, 0.6) is 0 Å². The first kappa shape index (κ1) is 14.3. The summed E-state index contributed by atoms with van der Waals surface area (Å²) in [7, 11) is 2.05. The van der Waals surface area contributed by atoms with Crippen LogP contribution in [0.4, 0.5) is 0 Å². The average molecular weight is 282 g/mol. The zero-order chi connectivity index (χ0) is 14.3. The number of nitrogens with zero attached hydrogens (tertiary/aromatic N) is 1. The van der Waals surface area contributed by atoms with Gasteiger partial charge in [-0.25, -0.2) is 0 Å². The fraction of sp³-hybridized carbons (Fsp3) is 0.933. The Morgan fingerprint density at radius 1 is 1.35 bits per heavy atom. The molecule has 3 unspecified atom stereocenters. The molecule has 1 heterocycles. The van der Waals surface area contributed by atoms with Crippen LogP contribution in [0.15, 0.2) is 0 Å². The Labute approximate surface area is 120 Å². The van der Waals surface area contributed by atoms with Crippen molar-refractivity contribution >= 4 is 5.97 Å². The summed E-state index contributed by atoms with van der Waals surface area (Å²) in [6.45, 7) is 3.46. The second-order valence-corrected chi connectivity index (χ2v) is 6.82. The molecule has 3 fully saturated rings. The van der Waals surface area contributed by atoms with Crippen LogP contribution in [-0.2, 0) is 9.53 Å². The number of nitrogens with one attached hydrogen (secondary N) is 1. The zero-order valence-corrected chi connectivity index (χ0v) is 12.5. The molecule has 0 spiro atoms. The molecule has 2 saturated carbocycles. The number of carboxylic acid groups (broad SMARTS) is 1. The van der Waals surface area contributed by atoms with Crippen LogP contribution in [-0.4, -0.2) is 59.9 Å². The van der Waals surface area contributed by atoms with Crippen molar-refractivity contribution in [3.05, 3.63) is 0 Å². The number of likely N-dealkylation sites (N-methyl/N-ethyl adjacent to an activating group) is 1. The predicted octanol–water partition coefficient (Wildman–Crippen LogP) is 1.08. The van der Waals surface area contributed by atoms with E-state index in [1.807, 2.05) is 7.05 Å². The SMILES string of the molecule is CC1OCCC1N(C)CC(NC1CC1)(C(=O)O)C1CC1. The lowest BCUT2D eigenvalue weighted by Gasteiger charge is -2.38. The Morgan fingerprint density at radius 2 is 2.05 bits per heavy atom. The lowest BCUT2D eigenvalue weighted by Crippen LogP contribution is -2.62. The third-order valence-corrected chi connectivity index (χ3v) is 5.10. The normalized spacial score (nSPS) is 33.4. The zero-order valence-electron chi connectivity index (χ0n) is 12.5. The molecule has 1 aliphatic heterocycles. The highest BCUT2D eigenvalue weighted by molar-refractivity contribution is 5.80. The Bertz CT molecular complexity index is 381. The summed E-state index contributed by atoms with van der Waals surface area (Å²) in [4.78, 5) is 14.2. The molecular formula is C15H26N2O3. The fourth-order valence-corrected chi connectivity index (χ4v) is 3.57. The molecule has 2 aliphatic carbocycles. The number of hydrogen-bond acceptors (Lipinski definition) is 4. The Hall–Kier alpha value is -0.650. The second-order valence-electron chi connectivity index (χ2n) is 6.82. The summed E-state index contributed by atoms with van der Waals surface area (Å²) in [6, 6.07) is 0.755. The second kappa shape index (κ2) is 5.28. The predicted molar refractivity (Wildman–Crippen MR) is 75.7 cm³/mol. The van der Waals surface area contributed by atoms with E-state index >= 15 is 0 Å². The number of hydrogen-bond donors (Lipinski definition) is 2. The summed E-state index contributed by atoms with van der Waals surface area (Å²) >= 11 is 0. The van der Waals surface area contributed by atoms with E-state index in [-0.39, 0.29) is 6.10 Å². The van der Waals surface area contributed by atoms with Gasteiger partial charge in [-0.2, -0.15) is 0 Å². The lowest BCUT2D eigenvalue weighted by molar-refractivity contribution is -0.147. The lowest BCUT2D eigenvalue weighted by atomic mass is 9.91. The van der Waals surface area contributed by atoms with Crippen molar-refractivity contribution in [3.63, 3.8) is 0 Å². The van der Waals surface area contributed by atoms with Gasteiger partial charge in [-0.05, 0) is 52.0 Å². The highest BCUT2D eigenvalue weighted by Gasteiger charge is 2.54. The van der Waals surface area contributed by atoms with Crippen LogP contribution in [0.1, 0.15) is 39.0 Å². The molecule has 0 amide bonds. The molecule has 114 valence electrons. The van der Waals surface area contributed by atoms with E-state index in [2.05, 4.69) is 17.1 Å². The van der Waals surface area contributed by atoms with Crippen LogP contribution in [0.25, 0.3) is 0 Å². The van der Waals surface area contributed by atoms with E-state index < -0.39 is 11.5 Å². The number of carbonyl (C=O) groups is 1. The smallest absolute Gasteiger partial charge is 0.325 e. The Kier molecular flexibility index (Phi) is 3.77. The largest absolute Gasteiger partial charge is 0.480 e. The van der Waals surface area contributed by atoms with Gasteiger partial charge in [-0.3, -0.25) is 15.0 Å². The van der Waals surface area contributed by atoms with E-state index in [9.17, 15) is 9.90 Å². The molecule has 5 heteroatoms. The third-order valence-electron chi connectivity index (χ3n) is 5.10. The molecule has 3 aliphatic rings. The van der Waals surface area contributed by atoms with Gasteiger partial charge in [0, 0.05) is 25.2 Å². The number of rotatable bonds is 7. The van der Waals surface area contributed by atoms with Crippen molar-refractivity contribution in [2.45, 2.75) is 62.8 Å². The molecule has 3 rings (SSSR count). The number of aliphatic carboxylic acids is 1. The summed E-state index contributed by atoms with van der Waals surface area (Å²) < 4.78 is 5.62. The molecular weight excluding hydrogens is 256 g/mol. The van der Waals surface area contributed by atoms with Crippen molar-refractivity contribution in [2.24, 2.45) is 5.92 Å². The monoisotopic (exact) mass is 282 g/mol. The van der Waals surface area contributed by atoms with Gasteiger partial charge < -0.3 is 9.84 Å². The van der Waals surface area contributed by atoms with Crippen molar-refractivity contribution < 1.29 is 14.6 Å². The molecule has 5 nitrogen and oxygen atoms in total. The van der Waals surface area contributed by atoms with Gasteiger partial charge in [0.05, 0.1) is 6.10 Å². The molecule has 3 atom stereocenters. The van der Waals surface area contributed by atoms with Gasteiger partial charge in [-0.1, -0.05) is 0 Å². The van der Waals surface area contributed by atoms with Gasteiger partial charge in [0.25, 0.3) is 0 Å². The summed E-state index contributed by atoms with van der Waals surface area (Å²) in [5, 5.41) is 13.3. The van der Waals surface area contributed by atoms with E-state index in [4.69, 9.17) is 4.74 Å². The van der Waals surface area contributed by atoms with Crippen LogP contribution in [0.3, 0.4) is 0 Å². The highest BCUT2D eigenvalue weighted by atomic mass is 16.5. The van der Waals surface area contributed by atoms with Crippen molar-refractivity contribution in [1.82, 2.24) is 10.2 Å². The van der Waals surface area contributed by atoms with Crippen LogP contribution < -0.4 is 5.32 Å². The maximum Gasteiger partial charge on any atom is 0.325 e. The first-order chi connectivity index (χ1) is 9.53. The topological polar surface area (TPSA) is 61.8 Å². The Morgan fingerprint density at radius 3 is 2.50 bits per heavy atom. The van der Waals surface area contributed by atoms with Crippen LogP contribution >= 0.6 is 0 Å². The molecule has 1 saturated heterocycles. The van der Waals surface area contributed by atoms with Crippen molar-refractivity contribution in [2.75, 3.05) is 20.2 Å².